The molecule has 104 valence electrons. The van der Waals surface area contributed by atoms with Crippen molar-refractivity contribution in [3.63, 3.8) is 0 Å². The highest BCUT2D eigenvalue weighted by molar-refractivity contribution is 6.05. The van der Waals surface area contributed by atoms with Crippen molar-refractivity contribution in [2.24, 2.45) is 11.8 Å². The molecule has 2 aliphatic rings. The van der Waals surface area contributed by atoms with Crippen molar-refractivity contribution in [2.75, 3.05) is 0 Å². The molecule has 0 bridgehead atoms. The van der Waals surface area contributed by atoms with Gasteiger partial charge in [0.05, 0.1) is 11.5 Å². The molecule has 1 N–H and O–H groups in total. The predicted molar refractivity (Wildman–Crippen MR) is 71.3 cm³/mol. The fraction of sp³-hybridized carbons (Fsp3) is 0.867. The van der Waals surface area contributed by atoms with Crippen molar-refractivity contribution in [3.8, 4) is 0 Å². The Morgan fingerprint density at radius 3 is 2.22 bits per heavy atom. The molecule has 0 heterocycles. The van der Waals surface area contributed by atoms with E-state index in [1.54, 1.807) is 6.92 Å². The van der Waals surface area contributed by atoms with Gasteiger partial charge in [0, 0.05) is 12.3 Å². The van der Waals surface area contributed by atoms with Crippen molar-refractivity contribution in [1.29, 1.82) is 0 Å². The van der Waals surface area contributed by atoms with Gasteiger partial charge in [-0.15, -0.1) is 0 Å². The average Bonchev–Trinajstić information content (AvgIpc) is 2.39. The van der Waals surface area contributed by atoms with Crippen molar-refractivity contribution in [1.82, 2.24) is 0 Å². The first kappa shape index (κ1) is 15.4. The Bertz CT molecular complexity index is 303. The highest BCUT2D eigenvalue weighted by Crippen LogP contribution is 2.40. The number of hydrogen-bond donors (Lipinski definition) is 1. The van der Waals surface area contributed by atoms with E-state index in [1.807, 2.05) is 13.8 Å². The maximum Gasteiger partial charge on any atom is 0.148 e. The van der Waals surface area contributed by atoms with E-state index in [0.717, 1.165) is 32.1 Å². The SMILES string of the molecule is CC.CC1C(=O)CCC(C2(O)CCCCC2)C1=O. The van der Waals surface area contributed by atoms with E-state index in [4.69, 9.17) is 0 Å². The molecule has 2 unspecified atom stereocenters. The number of carbonyl (C=O) groups excluding carboxylic acids is 2. The summed E-state index contributed by atoms with van der Waals surface area (Å²) in [5.74, 6) is -0.772. The number of rotatable bonds is 1. The molecule has 0 saturated heterocycles. The van der Waals surface area contributed by atoms with Gasteiger partial charge < -0.3 is 5.11 Å². The van der Waals surface area contributed by atoms with Gasteiger partial charge in [-0.25, -0.2) is 0 Å². The molecular weight excluding hydrogens is 228 g/mol. The molecule has 3 heteroatoms. The molecule has 2 atom stereocenters. The largest absolute Gasteiger partial charge is 0.389 e. The Labute approximate surface area is 110 Å². The summed E-state index contributed by atoms with van der Waals surface area (Å²) in [7, 11) is 0. The van der Waals surface area contributed by atoms with E-state index in [-0.39, 0.29) is 17.5 Å². The third kappa shape index (κ3) is 3.00. The fourth-order valence-corrected chi connectivity index (χ4v) is 3.15. The monoisotopic (exact) mass is 254 g/mol. The Morgan fingerprint density at radius 2 is 1.67 bits per heavy atom. The molecule has 2 saturated carbocycles. The van der Waals surface area contributed by atoms with Crippen LogP contribution in [0.4, 0.5) is 0 Å². The summed E-state index contributed by atoms with van der Waals surface area (Å²) < 4.78 is 0. The topological polar surface area (TPSA) is 54.4 Å². The molecule has 0 spiro atoms. The van der Waals surface area contributed by atoms with Crippen molar-refractivity contribution < 1.29 is 14.7 Å². The zero-order chi connectivity index (χ0) is 13.8. The average molecular weight is 254 g/mol. The van der Waals surface area contributed by atoms with Gasteiger partial charge in [0.15, 0.2) is 0 Å². The van der Waals surface area contributed by atoms with Crippen molar-refractivity contribution in [2.45, 2.75) is 71.3 Å². The third-order valence-corrected chi connectivity index (χ3v) is 4.30. The minimum atomic E-state index is -0.815. The van der Waals surface area contributed by atoms with Crippen LogP contribution in [0, 0.1) is 11.8 Å². The first-order valence-corrected chi connectivity index (χ1v) is 7.33. The molecule has 0 aromatic rings. The molecule has 3 nitrogen and oxygen atoms in total. The van der Waals surface area contributed by atoms with E-state index in [9.17, 15) is 14.7 Å². The van der Waals surface area contributed by atoms with E-state index in [0.29, 0.717) is 12.8 Å². The van der Waals surface area contributed by atoms with Gasteiger partial charge in [-0.2, -0.15) is 0 Å². The van der Waals surface area contributed by atoms with Crippen LogP contribution >= 0.6 is 0 Å². The van der Waals surface area contributed by atoms with Crippen LogP contribution in [0.15, 0.2) is 0 Å². The Morgan fingerprint density at radius 1 is 1.11 bits per heavy atom. The molecule has 0 radical (unpaired) electrons. The molecule has 2 aliphatic carbocycles. The van der Waals surface area contributed by atoms with E-state index >= 15 is 0 Å². The zero-order valence-corrected chi connectivity index (χ0v) is 11.9. The maximum atomic E-state index is 12.1. The first-order chi connectivity index (χ1) is 8.54. The zero-order valence-electron chi connectivity index (χ0n) is 11.9. The lowest BCUT2D eigenvalue weighted by Crippen LogP contribution is -2.49. The fourth-order valence-electron chi connectivity index (χ4n) is 3.15. The van der Waals surface area contributed by atoms with E-state index in [1.165, 1.54) is 0 Å². The standard InChI is InChI=1S/C13H20O3.C2H6/c1-9-11(14)6-5-10(12(9)15)13(16)7-3-2-4-8-13;1-2/h9-10,16H,2-8H2,1H3;1-2H3. The number of aliphatic hydroxyl groups is 1. The van der Waals surface area contributed by atoms with Crippen LogP contribution < -0.4 is 0 Å². The van der Waals surface area contributed by atoms with Crippen LogP contribution in [0.3, 0.4) is 0 Å². The summed E-state index contributed by atoms with van der Waals surface area (Å²) >= 11 is 0. The lowest BCUT2D eigenvalue weighted by atomic mass is 9.67. The number of ketones is 2. The summed E-state index contributed by atoms with van der Waals surface area (Å²) in [5.41, 5.74) is -0.815. The highest BCUT2D eigenvalue weighted by Gasteiger charge is 2.46. The minimum Gasteiger partial charge on any atom is -0.389 e. The second kappa shape index (κ2) is 6.46. The smallest absolute Gasteiger partial charge is 0.148 e. The van der Waals surface area contributed by atoms with Gasteiger partial charge in [-0.3, -0.25) is 9.59 Å². The second-order valence-electron chi connectivity index (χ2n) is 5.35. The van der Waals surface area contributed by atoms with Crippen LogP contribution in [0.2, 0.25) is 0 Å². The quantitative estimate of drug-likeness (QED) is 0.732. The predicted octanol–water partition coefficient (Wildman–Crippen LogP) is 2.89. The summed E-state index contributed by atoms with van der Waals surface area (Å²) in [4.78, 5) is 23.5. The Hall–Kier alpha value is -0.700. The number of Topliss-reactive ketones (excluding diaryl/α,β-unsaturated/α-hetero) is 2. The molecular formula is C15H26O3. The van der Waals surface area contributed by atoms with Gasteiger partial charge in [0.25, 0.3) is 0 Å². The van der Waals surface area contributed by atoms with Crippen molar-refractivity contribution >= 4 is 11.6 Å². The second-order valence-corrected chi connectivity index (χ2v) is 5.35. The molecule has 18 heavy (non-hydrogen) atoms. The van der Waals surface area contributed by atoms with Crippen molar-refractivity contribution in [3.05, 3.63) is 0 Å². The lowest BCUT2D eigenvalue weighted by Gasteiger charge is -2.41. The minimum absolute atomic E-state index is 0.0272. The third-order valence-electron chi connectivity index (χ3n) is 4.30. The van der Waals surface area contributed by atoms with Gasteiger partial charge >= 0.3 is 0 Å². The van der Waals surface area contributed by atoms with Gasteiger partial charge in [0.2, 0.25) is 0 Å². The van der Waals surface area contributed by atoms with E-state index in [2.05, 4.69) is 0 Å². The van der Waals surface area contributed by atoms with Crippen LogP contribution in [0.1, 0.15) is 65.7 Å². The maximum absolute atomic E-state index is 12.1. The molecule has 2 rings (SSSR count). The Kier molecular flexibility index (Phi) is 5.51. The molecule has 0 aromatic carbocycles. The summed E-state index contributed by atoms with van der Waals surface area (Å²) in [6.45, 7) is 5.68. The van der Waals surface area contributed by atoms with Crippen LogP contribution in [0.5, 0.6) is 0 Å². The van der Waals surface area contributed by atoms with Crippen LogP contribution in [-0.4, -0.2) is 22.3 Å². The van der Waals surface area contributed by atoms with Gasteiger partial charge in [-0.05, 0) is 26.2 Å². The summed E-state index contributed by atoms with van der Waals surface area (Å²) in [6, 6.07) is 0. The molecule has 0 amide bonds. The normalized spacial score (nSPS) is 31.6. The first-order valence-electron chi connectivity index (χ1n) is 7.33. The van der Waals surface area contributed by atoms with Crippen LogP contribution in [0.25, 0.3) is 0 Å². The summed E-state index contributed by atoms with van der Waals surface area (Å²) in [6.07, 6.45) is 5.62. The van der Waals surface area contributed by atoms with Gasteiger partial charge in [-0.1, -0.05) is 33.1 Å². The van der Waals surface area contributed by atoms with Gasteiger partial charge in [0.1, 0.15) is 11.6 Å². The highest BCUT2D eigenvalue weighted by atomic mass is 16.3. The molecule has 2 fully saturated rings. The lowest BCUT2D eigenvalue weighted by molar-refractivity contribution is -0.148. The summed E-state index contributed by atoms with van der Waals surface area (Å²) in [5, 5.41) is 10.5. The van der Waals surface area contributed by atoms with Crippen LogP contribution in [-0.2, 0) is 9.59 Å². The Balaban J connectivity index is 0.000000771. The number of hydrogen-bond acceptors (Lipinski definition) is 3. The molecule has 0 aliphatic heterocycles. The molecule has 0 aromatic heterocycles. The number of carbonyl (C=O) groups is 2. The van der Waals surface area contributed by atoms with E-state index < -0.39 is 11.5 Å².